The number of benzene rings is 2. The number of halogens is 1. The molecule has 2 amide bonds. The van der Waals surface area contributed by atoms with Gasteiger partial charge in [0.25, 0.3) is 0 Å². The van der Waals surface area contributed by atoms with Gasteiger partial charge in [-0.2, -0.15) is 9.97 Å². The van der Waals surface area contributed by atoms with Gasteiger partial charge < -0.3 is 21.1 Å². The molecule has 0 aliphatic carbocycles. The zero-order valence-corrected chi connectivity index (χ0v) is 19.7. The van der Waals surface area contributed by atoms with Crippen molar-refractivity contribution in [2.45, 2.75) is 38.3 Å². The van der Waals surface area contributed by atoms with E-state index in [1.165, 1.54) is 18.7 Å². The van der Waals surface area contributed by atoms with Crippen LogP contribution in [0.5, 0.6) is 0 Å². The zero-order valence-electron chi connectivity index (χ0n) is 18.1. The van der Waals surface area contributed by atoms with E-state index >= 15 is 0 Å². The second-order valence-corrected chi connectivity index (χ2v) is 8.88. The number of carbonyl (C=O) groups excluding carboxylic acids is 2. The number of amides is 2. The Bertz CT molecular complexity index is 1240. The van der Waals surface area contributed by atoms with Crippen molar-refractivity contribution in [2.24, 2.45) is 0 Å². The molecule has 1 unspecified atom stereocenters. The molecule has 2 heterocycles. The van der Waals surface area contributed by atoms with Crippen LogP contribution in [0.1, 0.15) is 25.0 Å². The van der Waals surface area contributed by atoms with E-state index < -0.39 is 6.04 Å². The summed E-state index contributed by atoms with van der Waals surface area (Å²) in [4.78, 5) is 36.9. The number of hydrogen-bond acceptors (Lipinski definition) is 8. The molecule has 2 aromatic carbocycles. The summed E-state index contributed by atoms with van der Waals surface area (Å²) < 4.78 is 5.66. The summed E-state index contributed by atoms with van der Waals surface area (Å²) in [7, 11) is 0. The maximum absolute atomic E-state index is 12.3. The van der Waals surface area contributed by atoms with E-state index in [1.54, 1.807) is 0 Å². The summed E-state index contributed by atoms with van der Waals surface area (Å²) in [6.07, 6.45) is 0. The molecule has 4 rings (SSSR count). The van der Waals surface area contributed by atoms with Crippen LogP contribution in [0.4, 0.5) is 5.95 Å². The Morgan fingerprint density at radius 1 is 1.24 bits per heavy atom. The van der Waals surface area contributed by atoms with Crippen LogP contribution in [0.2, 0.25) is 5.02 Å². The largest absolute Gasteiger partial charge is 0.372 e. The Hall–Kier alpha value is -2.95. The third-order valence-electron chi connectivity index (χ3n) is 5.08. The maximum Gasteiger partial charge on any atom is 0.243 e. The minimum Gasteiger partial charge on any atom is -0.372 e. The Kier molecular flexibility index (Phi) is 6.96. The minimum absolute atomic E-state index is 0.0384. The minimum atomic E-state index is -0.738. The standard InChI is InChI=1S/C22H23ClN6O3S/c1-3-25-20(31)16(26-11(2)30)10-33-22-28-19(27-21(24)29-22)18-14-6-4-5-12-8-32-9-13(17(12)14)7-15(18)23/h4-7,16H,3,8-10H2,1-2H3,(H,25,31)(H,26,30)(H2,24,27,28,29). The first-order chi connectivity index (χ1) is 15.9. The molecule has 0 fully saturated rings. The number of hydrogen-bond donors (Lipinski definition) is 3. The summed E-state index contributed by atoms with van der Waals surface area (Å²) in [5.74, 6) is 0.0257. The fourth-order valence-electron chi connectivity index (χ4n) is 3.78. The highest BCUT2D eigenvalue weighted by Crippen LogP contribution is 2.39. The SMILES string of the molecule is CCNC(=O)C(CSc1nc(N)nc(-c2c(Cl)cc3c4c(cccc24)COC3)n1)NC(C)=O. The molecule has 1 aliphatic rings. The molecule has 3 aromatic rings. The number of ether oxygens (including phenoxy) is 1. The number of nitrogen functional groups attached to an aromatic ring is 1. The zero-order chi connectivity index (χ0) is 23.5. The number of nitrogens with two attached hydrogens (primary N) is 1. The molecule has 1 aromatic heterocycles. The molecule has 1 atom stereocenters. The first-order valence-electron chi connectivity index (χ1n) is 10.4. The third kappa shape index (κ3) is 5.02. The highest BCUT2D eigenvalue weighted by Gasteiger charge is 2.23. The van der Waals surface area contributed by atoms with Crippen molar-refractivity contribution in [3.8, 4) is 11.4 Å². The van der Waals surface area contributed by atoms with Crippen molar-refractivity contribution >= 4 is 51.9 Å². The number of carbonyl (C=O) groups is 2. The molecule has 1 aliphatic heterocycles. The molecular weight excluding hydrogens is 464 g/mol. The highest BCUT2D eigenvalue weighted by atomic mass is 35.5. The number of anilines is 1. The van der Waals surface area contributed by atoms with Crippen LogP contribution in [0.3, 0.4) is 0 Å². The summed E-state index contributed by atoms with van der Waals surface area (Å²) in [6, 6.07) is 7.08. The first-order valence-corrected chi connectivity index (χ1v) is 11.7. The van der Waals surface area contributed by atoms with Crippen molar-refractivity contribution < 1.29 is 14.3 Å². The highest BCUT2D eigenvalue weighted by molar-refractivity contribution is 7.99. The molecular formula is C22H23ClN6O3S. The van der Waals surface area contributed by atoms with Crippen LogP contribution >= 0.6 is 23.4 Å². The molecule has 0 spiro atoms. The molecule has 0 radical (unpaired) electrons. The second kappa shape index (κ2) is 9.90. The van der Waals surface area contributed by atoms with Gasteiger partial charge in [0.05, 0.1) is 18.2 Å². The predicted octanol–water partition coefficient (Wildman–Crippen LogP) is 2.69. The monoisotopic (exact) mass is 486 g/mol. The van der Waals surface area contributed by atoms with Crippen LogP contribution in [-0.2, 0) is 27.5 Å². The molecule has 9 nitrogen and oxygen atoms in total. The van der Waals surface area contributed by atoms with E-state index in [0.717, 1.165) is 21.9 Å². The fourth-order valence-corrected chi connectivity index (χ4v) is 4.96. The Balaban J connectivity index is 1.69. The van der Waals surface area contributed by atoms with E-state index in [0.29, 0.717) is 41.3 Å². The normalized spacial score (nSPS) is 13.5. The Morgan fingerprint density at radius 2 is 2.03 bits per heavy atom. The quantitative estimate of drug-likeness (QED) is 0.434. The fraction of sp³-hybridized carbons (Fsp3) is 0.318. The van der Waals surface area contributed by atoms with Crippen molar-refractivity contribution in [3.63, 3.8) is 0 Å². The smallest absolute Gasteiger partial charge is 0.243 e. The van der Waals surface area contributed by atoms with E-state index in [-0.39, 0.29) is 23.5 Å². The first kappa shape index (κ1) is 23.2. The van der Waals surface area contributed by atoms with Gasteiger partial charge in [-0.3, -0.25) is 9.59 Å². The molecule has 0 saturated carbocycles. The van der Waals surface area contributed by atoms with E-state index in [4.69, 9.17) is 22.1 Å². The third-order valence-corrected chi connectivity index (χ3v) is 6.31. The number of rotatable bonds is 7. The van der Waals surface area contributed by atoms with E-state index in [2.05, 4.69) is 25.6 Å². The van der Waals surface area contributed by atoms with Gasteiger partial charge in [0.1, 0.15) is 6.04 Å². The number of aromatic nitrogens is 3. The average molecular weight is 487 g/mol. The summed E-state index contributed by atoms with van der Waals surface area (Å²) in [6.45, 7) is 4.64. The number of likely N-dealkylation sites (N-methyl/N-ethyl adjacent to an activating group) is 1. The lowest BCUT2D eigenvalue weighted by molar-refractivity contribution is -0.127. The lowest BCUT2D eigenvalue weighted by Gasteiger charge is -2.20. The van der Waals surface area contributed by atoms with Crippen LogP contribution in [0.15, 0.2) is 29.4 Å². The lowest BCUT2D eigenvalue weighted by Crippen LogP contribution is -2.47. The van der Waals surface area contributed by atoms with Crippen molar-refractivity contribution in [2.75, 3.05) is 18.0 Å². The van der Waals surface area contributed by atoms with Crippen LogP contribution in [-0.4, -0.2) is 45.1 Å². The van der Waals surface area contributed by atoms with Crippen molar-refractivity contribution in [3.05, 3.63) is 40.4 Å². The molecule has 0 bridgehead atoms. The lowest BCUT2D eigenvalue weighted by atomic mass is 9.94. The molecule has 4 N–H and O–H groups in total. The van der Waals surface area contributed by atoms with Crippen molar-refractivity contribution in [1.82, 2.24) is 25.6 Å². The average Bonchev–Trinajstić information content (AvgIpc) is 2.76. The summed E-state index contributed by atoms with van der Waals surface area (Å²) in [5, 5.41) is 8.17. The second-order valence-electron chi connectivity index (χ2n) is 7.48. The van der Waals surface area contributed by atoms with Gasteiger partial charge in [0.15, 0.2) is 11.0 Å². The van der Waals surface area contributed by atoms with E-state index in [9.17, 15) is 9.59 Å². The van der Waals surface area contributed by atoms with Crippen LogP contribution in [0.25, 0.3) is 22.2 Å². The number of thioether (sulfide) groups is 1. The summed E-state index contributed by atoms with van der Waals surface area (Å²) >= 11 is 7.86. The topological polar surface area (TPSA) is 132 Å². The predicted molar refractivity (Wildman–Crippen MR) is 128 cm³/mol. The Labute approximate surface area is 199 Å². The van der Waals surface area contributed by atoms with Gasteiger partial charge in [-0.1, -0.05) is 41.6 Å². The van der Waals surface area contributed by atoms with Crippen LogP contribution in [0, 0.1) is 0 Å². The van der Waals surface area contributed by atoms with Gasteiger partial charge in [0.2, 0.25) is 17.8 Å². The van der Waals surface area contributed by atoms with Crippen LogP contribution < -0.4 is 16.4 Å². The molecule has 33 heavy (non-hydrogen) atoms. The Morgan fingerprint density at radius 3 is 2.79 bits per heavy atom. The van der Waals surface area contributed by atoms with Gasteiger partial charge in [0, 0.05) is 24.8 Å². The van der Waals surface area contributed by atoms with Crippen molar-refractivity contribution in [1.29, 1.82) is 0 Å². The van der Waals surface area contributed by atoms with E-state index in [1.807, 2.05) is 31.2 Å². The molecule has 11 heteroatoms. The van der Waals surface area contributed by atoms with Gasteiger partial charge in [-0.25, -0.2) is 4.98 Å². The molecule has 172 valence electrons. The molecule has 0 saturated heterocycles. The summed E-state index contributed by atoms with van der Waals surface area (Å²) in [5.41, 5.74) is 8.74. The van der Waals surface area contributed by atoms with Gasteiger partial charge >= 0.3 is 0 Å². The van der Waals surface area contributed by atoms with Gasteiger partial charge in [-0.15, -0.1) is 0 Å². The number of nitrogens with one attached hydrogen (secondary N) is 2. The maximum atomic E-state index is 12.3. The number of nitrogens with zero attached hydrogens (tertiary/aromatic N) is 3. The van der Waals surface area contributed by atoms with Gasteiger partial charge in [-0.05, 0) is 34.9 Å².